The molecule has 0 aromatic carbocycles. The highest BCUT2D eigenvalue weighted by Gasteiger charge is 2.03. The molecule has 3 N–H and O–H groups in total. The highest BCUT2D eigenvalue weighted by atomic mass is 31.0. The maximum Gasteiger partial charge on any atom is 0.227 e. The summed E-state index contributed by atoms with van der Waals surface area (Å²) in [6.07, 6.45) is 2.14. The van der Waals surface area contributed by atoms with E-state index in [4.69, 9.17) is 0 Å². The minimum atomic E-state index is 0.424. The van der Waals surface area contributed by atoms with Crippen molar-refractivity contribution in [2.24, 2.45) is 0 Å². The number of amides is 1. The third-order valence-electron chi connectivity index (χ3n) is 1.38. The van der Waals surface area contributed by atoms with E-state index in [-0.39, 0.29) is 0 Å². The second-order valence-electron chi connectivity index (χ2n) is 2.11. The largest absolute Gasteiger partial charge is 0.384 e. The lowest BCUT2D eigenvalue weighted by atomic mass is 10.5. The summed E-state index contributed by atoms with van der Waals surface area (Å²) in [5, 5.41) is 8.00. The van der Waals surface area contributed by atoms with Crippen molar-refractivity contribution in [3.63, 3.8) is 0 Å². The number of hydrogen-bond donors (Lipinski definition) is 3. The van der Waals surface area contributed by atoms with Gasteiger partial charge in [0.05, 0.1) is 11.9 Å². The lowest BCUT2D eigenvalue weighted by Gasteiger charge is -2.07. The van der Waals surface area contributed by atoms with Gasteiger partial charge >= 0.3 is 0 Å². The fourth-order valence-electron chi connectivity index (χ4n) is 0.800. The van der Waals surface area contributed by atoms with E-state index in [1.807, 2.05) is 0 Å². The molecule has 6 nitrogen and oxygen atoms in total. The number of hydrogen-bond acceptors (Lipinski definition) is 5. The molecule has 0 aliphatic heterocycles. The molecular weight excluding hydrogens is 189 g/mol. The molecule has 1 atom stereocenters. The predicted molar refractivity (Wildman–Crippen MR) is 54.6 cm³/mol. The summed E-state index contributed by atoms with van der Waals surface area (Å²) in [6.45, 7) is 0. The van der Waals surface area contributed by atoms with Gasteiger partial charge in [-0.2, -0.15) is 4.98 Å². The highest BCUT2D eigenvalue weighted by molar-refractivity contribution is 7.18. The van der Waals surface area contributed by atoms with E-state index in [9.17, 15) is 4.79 Å². The van der Waals surface area contributed by atoms with Crippen LogP contribution in [-0.4, -0.2) is 23.4 Å². The molecule has 1 aromatic rings. The van der Waals surface area contributed by atoms with Gasteiger partial charge in [-0.3, -0.25) is 4.79 Å². The number of nitrogens with one attached hydrogen (secondary N) is 3. The summed E-state index contributed by atoms with van der Waals surface area (Å²) in [5.74, 6) is 0.866. The first kappa shape index (κ1) is 9.67. The van der Waals surface area contributed by atoms with E-state index in [1.54, 1.807) is 13.2 Å². The van der Waals surface area contributed by atoms with Gasteiger partial charge in [0.1, 0.15) is 0 Å². The number of nitrogens with zero attached hydrogens (tertiary/aromatic N) is 2. The number of carbonyl (C=O) groups excluding carboxylic acids is 1. The lowest BCUT2D eigenvalue weighted by molar-refractivity contribution is -0.105. The van der Waals surface area contributed by atoms with Crippen molar-refractivity contribution in [2.75, 3.05) is 22.8 Å². The minimum absolute atomic E-state index is 0.424. The SMILES string of the molecule is CNc1cnc(NP)nc1NC=O. The Morgan fingerprint density at radius 3 is 2.92 bits per heavy atom. The summed E-state index contributed by atoms with van der Waals surface area (Å²) in [4.78, 5) is 18.2. The summed E-state index contributed by atoms with van der Waals surface area (Å²) >= 11 is 0. The zero-order valence-electron chi connectivity index (χ0n) is 7.03. The first-order valence-corrected chi connectivity index (χ1v) is 4.11. The Morgan fingerprint density at radius 1 is 1.62 bits per heavy atom. The average Bonchev–Trinajstić information content (AvgIpc) is 2.18. The smallest absolute Gasteiger partial charge is 0.227 e. The van der Waals surface area contributed by atoms with Crippen LogP contribution in [0.5, 0.6) is 0 Å². The molecular formula is C6H10N5OP. The quantitative estimate of drug-likeness (QED) is 0.479. The molecule has 0 radical (unpaired) electrons. The molecule has 0 aliphatic carbocycles. The van der Waals surface area contributed by atoms with Crippen molar-refractivity contribution in [1.29, 1.82) is 0 Å². The monoisotopic (exact) mass is 199 g/mol. The molecule has 13 heavy (non-hydrogen) atoms. The molecule has 0 fully saturated rings. The van der Waals surface area contributed by atoms with Gasteiger partial charge in [-0.15, -0.1) is 0 Å². The molecule has 1 unspecified atom stereocenters. The number of carbonyl (C=O) groups is 1. The molecule has 0 aliphatic rings. The Labute approximate surface area is 77.8 Å². The maximum atomic E-state index is 10.2. The summed E-state index contributed by atoms with van der Waals surface area (Å²) in [7, 11) is 4.00. The van der Waals surface area contributed by atoms with Crippen LogP contribution in [-0.2, 0) is 4.79 Å². The van der Waals surface area contributed by atoms with Crippen molar-refractivity contribution >= 4 is 33.3 Å². The molecule has 0 saturated heterocycles. The lowest BCUT2D eigenvalue weighted by Crippen LogP contribution is -2.04. The zero-order chi connectivity index (χ0) is 9.68. The van der Waals surface area contributed by atoms with Crippen LogP contribution in [0.4, 0.5) is 17.5 Å². The summed E-state index contributed by atoms with van der Waals surface area (Å²) in [5.41, 5.74) is 0.663. The van der Waals surface area contributed by atoms with Crippen LogP contribution in [0.25, 0.3) is 0 Å². The molecule has 0 spiro atoms. The molecule has 0 saturated carbocycles. The van der Waals surface area contributed by atoms with E-state index in [1.165, 1.54) is 0 Å². The fraction of sp³-hybridized carbons (Fsp3) is 0.167. The van der Waals surface area contributed by atoms with Crippen LogP contribution >= 0.6 is 9.39 Å². The average molecular weight is 199 g/mol. The van der Waals surface area contributed by atoms with Crippen LogP contribution in [0.3, 0.4) is 0 Å². The van der Waals surface area contributed by atoms with Crippen LogP contribution in [0.1, 0.15) is 0 Å². The fourth-order valence-corrected chi connectivity index (χ4v) is 0.939. The second kappa shape index (κ2) is 4.57. The summed E-state index contributed by atoms with van der Waals surface area (Å²) < 4.78 is 0. The van der Waals surface area contributed by atoms with Gasteiger partial charge in [0.2, 0.25) is 12.4 Å². The molecule has 7 heteroatoms. The van der Waals surface area contributed by atoms with E-state index < -0.39 is 0 Å². The van der Waals surface area contributed by atoms with Crippen LogP contribution in [0.15, 0.2) is 6.20 Å². The Balaban J connectivity index is 3.01. The van der Waals surface area contributed by atoms with Crippen molar-refractivity contribution < 1.29 is 4.79 Å². The van der Waals surface area contributed by atoms with Gasteiger partial charge in [0.15, 0.2) is 5.82 Å². The molecule has 1 aromatic heterocycles. The van der Waals surface area contributed by atoms with Crippen LogP contribution < -0.4 is 15.7 Å². The molecule has 1 heterocycles. The first-order valence-electron chi connectivity index (χ1n) is 3.53. The number of aromatic nitrogens is 2. The van der Waals surface area contributed by atoms with Gasteiger partial charge in [-0.05, 0) is 9.39 Å². The van der Waals surface area contributed by atoms with Crippen molar-refractivity contribution in [3.8, 4) is 0 Å². The standard InChI is InChI=1S/C6H10N5OP/c1-7-4-2-8-6(11-13)10-5(4)9-3-12/h2-3,7H,13H2,1H3,(H2,8,9,10,11,12). The van der Waals surface area contributed by atoms with Crippen molar-refractivity contribution in [1.82, 2.24) is 9.97 Å². The molecule has 1 rings (SSSR count). The summed E-state index contributed by atoms with van der Waals surface area (Å²) in [6, 6.07) is 0. The Morgan fingerprint density at radius 2 is 2.38 bits per heavy atom. The van der Waals surface area contributed by atoms with Gasteiger partial charge in [0, 0.05) is 7.05 Å². The molecule has 0 bridgehead atoms. The Kier molecular flexibility index (Phi) is 3.40. The van der Waals surface area contributed by atoms with Gasteiger partial charge in [0.25, 0.3) is 0 Å². The Hall–Kier alpha value is -1.42. The molecule has 70 valence electrons. The van der Waals surface area contributed by atoms with E-state index >= 15 is 0 Å². The van der Waals surface area contributed by atoms with E-state index in [0.29, 0.717) is 23.9 Å². The Bertz CT molecular complexity index is 305. The number of anilines is 3. The third-order valence-corrected chi connectivity index (χ3v) is 1.64. The minimum Gasteiger partial charge on any atom is -0.384 e. The van der Waals surface area contributed by atoms with Gasteiger partial charge in [-0.1, -0.05) is 0 Å². The topological polar surface area (TPSA) is 78.9 Å². The predicted octanol–water partition coefficient (Wildman–Crippen LogP) is 0.289. The zero-order valence-corrected chi connectivity index (χ0v) is 8.19. The van der Waals surface area contributed by atoms with Gasteiger partial charge < -0.3 is 15.7 Å². The van der Waals surface area contributed by atoms with E-state index in [0.717, 1.165) is 0 Å². The first-order chi connectivity index (χ1) is 6.31. The normalized spacial score (nSPS) is 9.08. The second-order valence-corrected chi connectivity index (χ2v) is 2.40. The number of rotatable bonds is 4. The molecule has 1 amide bonds. The van der Waals surface area contributed by atoms with Gasteiger partial charge in [-0.25, -0.2) is 4.98 Å². The highest BCUT2D eigenvalue weighted by Crippen LogP contribution is 2.18. The van der Waals surface area contributed by atoms with Crippen molar-refractivity contribution in [3.05, 3.63) is 6.20 Å². The van der Waals surface area contributed by atoms with E-state index in [2.05, 4.69) is 35.1 Å². The van der Waals surface area contributed by atoms with Crippen molar-refractivity contribution in [2.45, 2.75) is 0 Å². The maximum absolute atomic E-state index is 10.2. The third kappa shape index (κ3) is 2.26. The van der Waals surface area contributed by atoms with Crippen LogP contribution in [0, 0.1) is 0 Å². The van der Waals surface area contributed by atoms with Crippen LogP contribution in [0.2, 0.25) is 0 Å².